The van der Waals surface area contributed by atoms with Gasteiger partial charge in [-0.2, -0.15) is 0 Å². The van der Waals surface area contributed by atoms with E-state index >= 15 is 0 Å². The zero-order valence-corrected chi connectivity index (χ0v) is 7.23. The summed E-state index contributed by atoms with van der Waals surface area (Å²) < 4.78 is 4.64. The maximum absolute atomic E-state index is 10.7. The number of hydrogen-bond acceptors (Lipinski definition) is 2. The number of carbonyl (C=O) groups excluding carboxylic acids is 1. The fourth-order valence-corrected chi connectivity index (χ4v) is 0.493. The van der Waals surface area contributed by atoms with E-state index < -0.39 is 6.09 Å². The molecule has 0 aliphatic rings. The highest BCUT2D eigenvalue weighted by Crippen LogP contribution is 1.87. The summed E-state index contributed by atoms with van der Waals surface area (Å²) in [6.07, 6.45) is 1.04. The van der Waals surface area contributed by atoms with Gasteiger partial charge in [0.25, 0.3) is 0 Å². The molecule has 0 fully saturated rings. The van der Waals surface area contributed by atoms with Crippen LogP contribution >= 0.6 is 11.6 Å². The number of hydrogen-bond donors (Lipinski definition) is 1. The van der Waals surface area contributed by atoms with Gasteiger partial charge in [0.2, 0.25) is 0 Å². The van der Waals surface area contributed by atoms with Gasteiger partial charge in [-0.05, 0) is 6.92 Å². The molecule has 0 saturated carbocycles. The summed E-state index contributed by atoms with van der Waals surface area (Å²) in [7, 11) is 0. The number of alkyl halides is 1. The molecule has 0 radical (unpaired) electrons. The molecule has 1 N–H and O–H groups in total. The quantitative estimate of drug-likeness (QED) is 0.523. The lowest BCUT2D eigenvalue weighted by atomic mass is 10.4. The zero-order valence-electron chi connectivity index (χ0n) is 6.47. The lowest BCUT2D eigenvalue weighted by molar-refractivity contribution is 0.156. The monoisotopic (exact) mass is 177 g/mol. The van der Waals surface area contributed by atoms with E-state index in [-0.39, 0.29) is 12.6 Å². The van der Waals surface area contributed by atoms with Gasteiger partial charge in [-0.15, -0.1) is 11.6 Å². The first-order chi connectivity index (χ1) is 5.20. The van der Waals surface area contributed by atoms with Gasteiger partial charge in [0, 0.05) is 11.9 Å². The topological polar surface area (TPSA) is 38.3 Å². The van der Waals surface area contributed by atoms with Crippen molar-refractivity contribution in [1.82, 2.24) is 5.32 Å². The Hall–Kier alpha value is -0.700. The summed E-state index contributed by atoms with van der Waals surface area (Å²) in [5.74, 6) is 0.378. The molecule has 3 nitrogen and oxygen atoms in total. The van der Waals surface area contributed by atoms with Crippen molar-refractivity contribution in [1.29, 1.82) is 0 Å². The van der Waals surface area contributed by atoms with Crippen molar-refractivity contribution in [3.05, 3.63) is 12.7 Å². The molecule has 11 heavy (non-hydrogen) atoms. The summed E-state index contributed by atoms with van der Waals surface area (Å²) >= 11 is 5.44. The highest BCUT2D eigenvalue weighted by Gasteiger charge is 2.04. The molecule has 0 spiro atoms. The molecule has 0 aromatic carbocycles. The van der Waals surface area contributed by atoms with E-state index in [2.05, 4.69) is 16.6 Å². The molecule has 0 aromatic rings. The zero-order chi connectivity index (χ0) is 8.69. The summed E-state index contributed by atoms with van der Waals surface area (Å²) in [6, 6.07) is -0.0611. The van der Waals surface area contributed by atoms with Gasteiger partial charge < -0.3 is 10.1 Å². The molecule has 0 aliphatic heterocycles. The Morgan fingerprint density at radius 1 is 1.91 bits per heavy atom. The molecule has 0 aromatic heterocycles. The lowest BCUT2D eigenvalue weighted by Crippen LogP contribution is -2.34. The molecule has 4 heteroatoms. The Kier molecular flexibility index (Phi) is 5.65. The molecule has 0 saturated heterocycles. The van der Waals surface area contributed by atoms with Gasteiger partial charge in [0.1, 0.15) is 6.61 Å². The van der Waals surface area contributed by atoms with Crippen LogP contribution in [0.2, 0.25) is 0 Å². The molecule has 1 atom stereocenters. The SMILES string of the molecule is C=CCOC(=O)NC(C)CCl. The summed E-state index contributed by atoms with van der Waals surface area (Å²) in [4.78, 5) is 10.7. The number of halogens is 1. The summed E-state index contributed by atoms with van der Waals surface area (Å²) in [6.45, 7) is 5.42. The Labute approximate surface area is 71.4 Å². The van der Waals surface area contributed by atoms with Crippen molar-refractivity contribution >= 4 is 17.7 Å². The van der Waals surface area contributed by atoms with Crippen molar-refractivity contribution in [2.24, 2.45) is 0 Å². The summed E-state index contributed by atoms with van der Waals surface area (Å²) in [5, 5.41) is 2.52. The molecular formula is C7H12ClNO2. The predicted molar refractivity (Wildman–Crippen MR) is 44.9 cm³/mol. The van der Waals surface area contributed by atoms with Crippen LogP contribution in [-0.2, 0) is 4.74 Å². The average molecular weight is 178 g/mol. The highest BCUT2D eigenvalue weighted by molar-refractivity contribution is 6.18. The van der Waals surface area contributed by atoms with Crippen LogP contribution in [0, 0.1) is 0 Å². The van der Waals surface area contributed by atoms with Crippen LogP contribution in [0.25, 0.3) is 0 Å². The molecule has 0 rings (SSSR count). The Bertz CT molecular complexity index is 138. The van der Waals surface area contributed by atoms with Crippen molar-refractivity contribution in [2.75, 3.05) is 12.5 Å². The van der Waals surface area contributed by atoms with Crippen molar-refractivity contribution in [2.45, 2.75) is 13.0 Å². The minimum Gasteiger partial charge on any atom is -0.445 e. The van der Waals surface area contributed by atoms with Crippen LogP contribution in [-0.4, -0.2) is 24.6 Å². The number of rotatable bonds is 4. The fourth-order valence-electron chi connectivity index (χ4n) is 0.416. The maximum atomic E-state index is 10.7. The Balaban J connectivity index is 3.43. The van der Waals surface area contributed by atoms with Crippen LogP contribution in [0.3, 0.4) is 0 Å². The second kappa shape index (κ2) is 6.04. The molecule has 1 unspecified atom stereocenters. The Morgan fingerprint density at radius 2 is 2.55 bits per heavy atom. The first kappa shape index (κ1) is 10.3. The van der Waals surface area contributed by atoms with Crippen molar-refractivity contribution < 1.29 is 9.53 Å². The van der Waals surface area contributed by atoms with E-state index in [1.165, 1.54) is 6.08 Å². The summed E-state index contributed by atoms with van der Waals surface area (Å²) in [5.41, 5.74) is 0. The number of ether oxygens (including phenoxy) is 1. The van der Waals surface area contributed by atoms with Crippen molar-refractivity contribution in [3.63, 3.8) is 0 Å². The molecule has 0 aliphatic carbocycles. The highest BCUT2D eigenvalue weighted by atomic mass is 35.5. The minimum absolute atomic E-state index is 0.0611. The molecule has 1 amide bonds. The van der Waals surface area contributed by atoms with E-state index in [0.717, 1.165) is 0 Å². The molecular weight excluding hydrogens is 166 g/mol. The third-order valence-corrected chi connectivity index (χ3v) is 1.39. The standard InChI is InChI=1S/C7H12ClNO2/c1-3-4-11-7(10)9-6(2)5-8/h3,6H,1,4-5H2,2H3,(H,9,10). The van der Waals surface area contributed by atoms with Gasteiger partial charge in [-0.1, -0.05) is 12.7 Å². The van der Waals surface area contributed by atoms with E-state index in [4.69, 9.17) is 11.6 Å². The van der Waals surface area contributed by atoms with Crippen LogP contribution in [0.4, 0.5) is 4.79 Å². The van der Waals surface area contributed by atoms with Crippen LogP contribution in [0.5, 0.6) is 0 Å². The first-order valence-corrected chi connectivity index (χ1v) is 3.84. The number of nitrogens with one attached hydrogen (secondary N) is 1. The van der Waals surface area contributed by atoms with Crippen LogP contribution < -0.4 is 5.32 Å². The Morgan fingerprint density at radius 3 is 3.00 bits per heavy atom. The largest absolute Gasteiger partial charge is 0.445 e. The smallest absolute Gasteiger partial charge is 0.407 e. The minimum atomic E-state index is -0.460. The maximum Gasteiger partial charge on any atom is 0.407 e. The average Bonchev–Trinajstić information content (AvgIpc) is 2.00. The van der Waals surface area contributed by atoms with Gasteiger partial charge in [-0.25, -0.2) is 4.79 Å². The van der Waals surface area contributed by atoms with E-state index in [1.807, 2.05) is 0 Å². The second-order valence-corrected chi connectivity index (χ2v) is 2.40. The van der Waals surface area contributed by atoms with E-state index in [0.29, 0.717) is 5.88 Å². The number of alkyl carbamates (subject to hydrolysis) is 1. The van der Waals surface area contributed by atoms with Crippen LogP contribution in [0.1, 0.15) is 6.92 Å². The van der Waals surface area contributed by atoms with Gasteiger partial charge in [0.05, 0.1) is 0 Å². The third-order valence-electron chi connectivity index (χ3n) is 0.928. The van der Waals surface area contributed by atoms with Crippen molar-refractivity contribution in [3.8, 4) is 0 Å². The second-order valence-electron chi connectivity index (χ2n) is 2.09. The van der Waals surface area contributed by atoms with E-state index in [9.17, 15) is 4.79 Å². The van der Waals surface area contributed by atoms with Gasteiger partial charge in [0.15, 0.2) is 0 Å². The lowest BCUT2D eigenvalue weighted by Gasteiger charge is -2.09. The normalized spacial score (nSPS) is 11.8. The molecule has 0 heterocycles. The number of carbonyl (C=O) groups is 1. The fraction of sp³-hybridized carbons (Fsp3) is 0.571. The van der Waals surface area contributed by atoms with Gasteiger partial charge in [-0.3, -0.25) is 0 Å². The molecule has 64 valence electrons. The number of amides is 1. The first-order valence-electron chi connectivity index (χ1n) is 3.30. The molecule has 0 bridgehead atoms. The van der Waals surface area contributed by atoms with Crippen LogP contribution in [0.15, 0.2) is 12.7 Å². The predicted octanol–water partition coefficient (Wildman–Crippen LogP) is 1.53. The van der Waals surface area contributed by atoms with Gasteiger partial charge >= 0.3 is 6.09 Å². The van der Waals surface area contributed by atoms with E-state index in [1.54, 1.807) is 6.92 Å². The third kappa shape index (κ3) is 5.73.